The molecule has 0 amide bonds. The van der Waals surface area contributed by atoms with Crippen LogP contribution in [-0.2, 0) is 10.2 Å². The smallest absolute Gasteiger partial charge is 0.341 e. The van der Waals surface area contributed by atoms with E-state index in [1.54, 1.807) is 18.3 Å². The summed E-state index contributed by atoms with van der Waals surface area (Å²) in [6, 6.07) is 10.4. The minimum Gasteiger partial charge on any atom is -0.479 e. The van der Waals surface area contributed by atoms with Crippen LogP contribution in [0.1, 0.15) is 63.1 Å². The van der Waals surface area contributed by atoms with Gasteiger partial charge in [-0.15, -0.1) is 0 Å². The van der Waals surface area contributed by atoms with Gasteiger partial charge in [0.25, 0.3) is 0 Å². The topological polar surface area (TPSA) is 108 Å². The molecule has 0 atom stereocenters. The summed E-state index contributed by atoms with van der Waals surface area (Å²) in [5.41, 5.74) is 1.65. The predicted molar refractivity (Wildman–Crippen MR) is 127 cm³/mol. The second kappa shape index (κ2) is 8.15. The molecule has 9 heteroatoms. The first-order valence-electron chi connectivity index (χ1n) is 11.6. The van der Waals surface area contributed by atoms with Crippen molar-refractivity contribution in [3.05, 3.63) is 53.6 Å². The third kappa shape index (κ3) is 3.73. The number of hydrogen-bond acceptors (Lipinski definition) is 4. The van der Waals surface area contributed by atoms with Crippen LogP contribution >= 0.6 is 0 Å². The van der Waals surface area contributed by atoms with E-state index in [0.717, 1.165) is 27.8 Å². The van der Waals surface area contributed by atoms with Gasteiger partial charge in [0.05, 0.1) is 23.3 Å². The minimum atomic E-state index is -2.24. The number of nitriles is 1. The van der Waals surface area contributed by atoms with Gasteiger partial charge in [-0.3, -0.25) is 5.10 Å². The molecule has 0 radical (unpaired) electrons. The van der Waals surface area contributed by atoms with E-state index in [9.17, 15) is 23.9 Å². The van der Waals surface area contributed by atoms with E-state index < -0.39 is 17.1 Å². The lowest BCUT2D eigenvalue weighted by Crippen LogP contribution is -2.37. The van der Waals surface area contributed by atoms with Gasteiger partial charge in [0.1, 0.15) is 5.82 Å². The highest BCUT2D eigenvalue weighted by Gasteiger charge is 2.45. The van der Waals surface area contributed by atoms with Gasteiger partial charge in [0, 0.05) is 34.2 Å². The Kier molecular flexibility index (Phi) is 5.35. The van der Waals surface area contributed by atoms with Crippen LogP contribution in [0.4, 0.5) is 8.78 Å². The van der Waals surface area contributed by atoms with Gasteiger partial charge in [-0.05, 0) is 61.9 Å². The molecular weight excluding hydrogens is 452 g/mol. The molecule has 4 aromatic rings. The van der Waals surface area contributed by atoms with Gasteiger partial charge in [-0.1, -0.05) is 13.8 Å². The van der Waals surface area contributed by atoms with Crippen molar-refractivity contribution in [3.63, 3.8) is 0 Å². The molecule has 1 aliphatic rings. The third-order valence-electron chi connectivity index (χ3n) is 7.20. The first-order chi connectivity index (χ1) is 16.6. The normalized spacial score (nSPS) is 20.8. The Bertz CT molecular complexity index is 1470. The third-order valence-corrected chi connectivity index (χ3v) is 7.20. The molecule has 3 aromatic heterocycles. The van der Waals surface area contributed by atoms with Crippen LogP contribution in [0.2, 0.25) is 0 Å². The summed E-state index contributed by atoms with van der Waals surface area (Å²) in [7, 11) is 0. The lowest BCUT2D eigenvalue weighted by molar-refractivity contribution is -0.153. The van der Waals surface area contributed by atoms with E-state index in [2.05, 4.69) is 16.3 Å². The number of halogens is 2. The molecule has 0 bridgehead atoms. The molecule has 35 heavy (non-hydrogen) atoms. The predicted octanol–water partition coefficient (Wildman–Crippen LogP) is 5.68. The fourth-order valence-corrected chi connectivity index (χ4v) is 5.36. The number of fused-ring (bicyclic) bond motifs is 2. The first kappa shape index (κ1) is 23.0. The highest BCUT2D eigenvalue weighted by Crippen LogP contribution is 2.48. The molecule has 7 nitrogen and oxygen atoms in total. The van der Waals surface area contributed by atoms with E-state index in [1.807, 2.05) is 24.5 Å². The van der Waals surface area contributed by atoms with E-state index in [4.69, 9.17) is 4.98 Å². The molecule has 3 heterocycles. The Hall–Kier alpha value is -3.80. The Morgan fingerprint density at radius 1 is 1.31 bits per heavy atom. The summed E-state index contributed by atoms with van der Waals surface area (Å²) < 4.78 is 30.7. The molecule has 2 N–H and O–H groups in total. The van der Waals surface area contributed by atoms with Crippen molar-refractivity contribution in [2.45, 2.75) is 63.0 Å². The number of carboxylic acids is 1. The maximum Gasteiger partial charge on any atom is 0.341 e. The van der Waals surface area contributed by atoms with Gasteiger partial charge >= 0.3 is 5.97 Å². The van der Waals surface area contributed by atoms with Crippen LogP contribution in [0, 0.1) is 17.1 Å². The molecule has 0 unspecified atom stereocenters. The van der Waals surface area contributed by atoms with Crippen LogP contribution in [-0.4, -0.2) is 36.5 Å². The molecular formula is C26H25F2N5O2. The number of alkyl halides is 1. The number of aromatic nitrogens is 4. The molecule has 1 saturated carbocycles. The number of rotatable bonds is 5. The van der Waals surface area contributed by atoms with Crippen molar-refractivity contribution in [1.82, 2.24) is 19.7 Å². The average Bonchev–Trinajstić information content (AvgIpc) is 3.41. The number of nitrogens with one attached hydrogen (secondary N) is 1. The van der Waals surface area contributed by atoms with Gasteiger partial charge in [0.15, 0.2) is 5.65 Å². The van der Waals surface area contributed by atoms with Crippen LogP contribution in [0.25, 0.3) is 27.8 Å². The number of carbonyl (C=O) groups is 1. The van der Waals surface area contributed by atoms with Crippen molar-refractivity contribution in [2.75, 3.05) is 0 Å². The summed E-state index contributed by atoms with van der Waals surface area (Å²) in [6.07, 6.45) is 2.37. The highest BCUT2D eigenvalue weighted by atomic mass is 19.1. The summed E-state index contributed by atoms with van der Waals surface area (Å²) in [6.45, 7) is 3.95. The van der Waals surface area contributed by atoms with Gasteiger partial charge in [-0.25, -0.2) is 18.6 Å². The van der Waals surface area contributed by atoms with E-state index >= 15 is 0 Å². The van der Waals surface area contributed by atoms with E-state index in [1.165, 1.54) is 12.1 Å². The molecule has 0 spiro atoms. The Labute approximate surface area is 200 Å². The minimum absolute atomic E-state index is 0.0966. The SMILES string of the molecule is CC(C)(CC#N)c1c([C@H]2CC[C@](F)(C(=O)O)CC2)c2nc3[nH]ncc3cc2n1-c1ccc(F)cc1. The maximum absolute atomic E-state index is 14.9. The average molecular weight is 478 g/mol. The zero-order valence-electron chi connectivity index (χ0n) is 19.5. The Morgan fingerprint density at radius 2 is 2.00 bits per heavy atom. The molecule has 1 fully saturated rings. The molecule has 1 aliphatic carbocycles. The summed E-state index contributed by atoms with van der Waals surface area (Å²) in [5, 5.41) is 26.8. The monoisotopic (exact) mass is 477 g/mol. The number of benzene rings is 1. The second-order valence-electron chi connectivity index (χ2n) is 10.0. The first-order valence-corrected chi connectivity index (χ1v) is 11.6. The van der Waals surface area contributed by atoms with Crippen molar-refractivity contribution >= 4 is 28.0 Å². The van der Waals surface area contributed by atoms with Crippen LogP contribution in [0.5, 0.6) is 0 Å². The standard InChI is InChI=1S/C26H25F2N5O2/c1-25(2,11-12-29)22-20(15-7-9-26(28,10-8-15)24(34)35)21-19(13-16-14-30-32-23(16)31-21)33(22)18-5-3-17(27)4-6-18/h3-6,13-15H,7-11H2,1-2H3,(H,34,35)(H,30,31,32)/t15-,26+. The molecule has 0 saturated heterocycles. The Morgan fingerprint density at radius 3 is 2.63 bits per heavy atom. The number of hydrogen-bond donors (Lipinski definition) is 2. The van der Waals surface area contributed by atoms with E-state index in [0.29, 0.717) is 24.0 Å². The highest BCUT2D eigenvalue weighted by molar-refractivity contribution is 5.94. The number of nitrogens with zero attached hydrogens (tertiary/aromatic N) is 4. The van der Waals surface area contributed by atoms with Crippen LogP contribution < -0.4 is 0 Å². The summed E-state index contributed by atoms with van der Waals surface area (Å²) in [4.78, 5) is 16.4. The zero-order chi connectivity index (χ0) is 25.0. The molecule has 1 aromatic carbocycles. The van der Waals surface area contributed by atoms with Crippen molar-refractivity contribution in [3.8, 4) is 11.8 Å². The molecule has 0 aliphatic heterocycles. The quantitative estimate of drug-likeness (QED) is 0.384. The zero-order valence-corrected chi connectivity index (χ0v) is 19.5. The number of aromatic amines is 1. The van der Waals surface area contributed by atoms with Gasteiger partial charge < -0.3 is 9.67 Å². The second-order valence-corrected chi connectivity index (χ2v) is 10.0. The molecule has 180 valence electrons. The van der Waals surface area contributed by atoms with Crippen LogP contribution in [0.3, 0.4) is 0 Å². The van der Waals surface area contributed by atoms with Crippen molar-refractivity contribution < 1.29 is 18.7 Å². The number of carboxylic acid groups (broad SMARTS) is 1. The van der Waals surface area contributed by atoms with Crippen molar-refractivity contribution in [1.29, 1.82) is 5.26 Å². The van der Waals surface area contributed by atoms with Crippen LogP contribution in [0.15, 0.2) is 36.5 Å². The fourth-order valence-electron chi connectivity index (χ4n) is 5.36. The van der Waals surface area contributed by atoms with E-state index in [-0.39, 0.29) is 31.0 Å². The number of H-pyrrole nitrogens is 1. The lowest BCUT2D eigenvalue weighted by Gasteiger charge is -2.33. The molecule has 5 rings (SSSR count). The summed E-state index contributed by atoms with van der Waals surface area (Å²) >= 11 is 0. The van der Waals surface area contributed by atoms with Gasteiger partial charge in [0.2, 0.25) is 5.67 Å². The number of aliphatic carboxylic acids is 1. The Balaban J connectivity index is 1.82. The maximum atomic E-state index is 14.9. The number of pyridine rings is 1. The lowest BCUT2D eigenvalue weighted by atomic mass is 9.73. The van der Waals surface area contributed by atoms with Crippen molar-refractivity contribution in [2.24, 2.45) is 0 Å². The van der Waals surface area contributed by atoms with Gasteiger partial charge in [-0.2, -0.15) is 10.4 Å². The fraction of sp³-hybridized carbons (Fsp3) is 0.385. The summed E-state index contributed by atoms with van der Waals surface area (Å²) in [5.74, 6) is -1.94. The largest absolute Gasteiger partial charge is 0.479 e.